The Kier molecular flexibility index (Phi) is 0.970. The van der Waals surface area contributed by atoms with Crippen LogP contribution in [-0.2, 0) is 0 Å². The molecule has 2 aliphatic rings. The number of H-pyrrole nitrogens is 1. The van der Waals surface area contributed by atoms with E-state index in [0.29, 0.717) is 0 Å². The van der Waals surface area contributed by atoms with Crippen molar-refractivity contribution in [2.24, 2.45) is 0 Å². The molecule has 0 bridgehead atoms. The van der Waals surface area contributed by atoms with Crippen LogP contribution in [0.4, 0.5) is 0 Å². The third kappa shape index (κ3) is 0.859. The maximum atomic E-state index is 3.69. The molecule has 1 aromatic rings. The molecule has 0 radical (unpaired) electrons. The zero-order chi connectivity index (χ0) is 6.81. The summed E-state index contributed by atoms with van der Waals surface area (Å²) in [6, 6.07) is 0. The van der Waals surface area contributed by atoms with Gasteiger partial charge in [0.1, 0.15) is 0 Å². The highest BCUT2D eigenvalue weighted by Gasteiger charge is 2.14. The average Bonchev–Trinajstić information content (AvgIpc) is 2.43. The quantitative estimate of drug-likeness (QED) is 0.447. The third-order valence-electron chi connectivity index (χ3n) is 0.976. The van der Waals surface area contributed by atoms with Crippen molar-refractivity contribution in [3.05, 3.63) is 18.6 Å². The number of aromatic amines is 1. The summed E-state index contributed by atoms with van der Waals surface area (Å²) >= 11 is 0. The van der Waals surface area contributed by atoms with Crippen molar-refractivity contribution in [2.45, 2.75) is 0 Å². The first-order chi connectivity index (χ1) is 4.97. The van der Waals surface area contributed by atoms with Crippen molar-refractivity contribution in [1.82, 2.24) is 30.4 Å². The van der Waals surface area contributed by atoms with Crippen molar-refractivity contribution < 1.29 is 0 Å². The van der Waals surface area contributed by atoms with Crippen molar-refractivity contribution >= 4 is 0 Å². The van der Waals surface area contributed by atoms with Crippen LogP contribution in [0.25, 0.3) is 5.82 Å². The Morgan fingerprint density at radius 3 is 2.10 bits per heavy atom. The van der Waals surface area contributed by atoms with Gasteiger partial charge in [-0.05, 0) is 0 Å². The van der Waals surface area contributed by atoms with E-state index in [2.05, 4.69) is 25.6 Å². The fraction of sp³-hybridized carbons (Fsp3) is 0. The average molecular weight is 136 g/mol. The number of nitrogens with zero attached hydrogens (tertiary/aromatic N) is 5. The van der Waals surface area contributed by atoms with E-state index in [-0.39, 0.29) is 0 Å². The lowest BCUT2D eigenvalue weighted by atomic mass is 10.8. The van der Waals surface area contributed by atoms with Gasteiger partial charge in [-0.15, -0.1) is 9.90 Å². The Bertz CT molecular complexity index is 252. The van der Waals surface area contributed by atoms with E-state index < -0.39 is 0 Å². The Hall–Kier alpha value is -1.72. The predicted molar refractivity (Wildman–Crippen MR) is 31.3 cm³/mol. The fourth-order valence-electron chi connectivity index (χ4n) is 0.454. The second-order valence-electron chi connectivity index (χ2n) is 1.65. The van der Waals surface area contributed by atoms with Gasteiger partial charge in [0.05, 0.1) is 18.6 Å². The van der Waals surface area contributed by atoms with E-state index in [9.17, 15) is 0 Å². The first kappa shape index (κ1) is 5.10. The second-order valence-corrected chi connectivity index (χ2v) is 1.65. The number of fused-ring (bicyclic) bond motifs is 1. The van der Waals surface area contributed by atoms with Gasteiger partial charge in [0.25, 0.3) is 0 Å². The molecule has 3 rings (SSSR count). The number of rotatable bonds is 0. The largest absolute Gasteiger partial charge is 0.216 e. The highest BCUT2D eigenvalue weighted by atomic mass is 15.6. The van der Waals surface area contributed by atoms with E-state index in [1.165, 1.54) is 0 Å². The lowest BCUT2D eigenvalue weighted by Gasteiger charge is -1.73. The molecule has 50 valence electrons. The molecule has 1 aromatic heterocycles. The molecule has 2 aliphatic heterocycles. The van der Waals surface area contributed by atoms with Crippen LogP contribution < -0.4 is 0 Å². The highest BCUT2D eigenvalue weighted by Crippen LogP contribution is 2.08. The summed E-state index contributed by atoms with van der Waals surface area (Å²) in [6.07, 6.45) is 4.89. The summed E-state index contributed by atoms with van der Waals surface area (Å²) in [5.41, 5.74) is 0. The van der Waals surface area contributed by atoms with Crippen LogP contribution in [0.1, 0.15) is 0 Å². The van der Waals surface area contributed by atoms with Gasteiger partial charge >= 0.3 is 0 Å². The minimum absolute atomic E-state index is 1.02. The molecular weight excluding hydrogens is 132 g/mol. The normalized spacial score (nSPS) is 10.0. The van der Waals surface area contributed by atoms with Gasteiger partial charge in [-0.25, -0.2) is 0 Å². The van der Waals surface area contributed by atoms with Crippen LogP contribution in [-0.4, -0.2) is 30.4 Å². The minimum Gasteiger partial charge on any atom is -0.198 e. The maximum Gasteiger partial charge on any atom is 0.216 e. The Morgan fingerprint density at radius 1 is 1.30 bits per heavy atom. The monoisotopic (exact) mass is 136 g/mol. The molecule has 6 nitrogen and oxygen atoms in total. The molecule has 0 amide bonds. The van der Waals surface area contributed by atoms with E-state index in [1.807, 2.05) is 0 Å². The highest BCUT2D eigenvalue weighted by molar-refractivity contribution is 5.22. The van der Waals surface area contributed by atoms with Crippen LogP contribution in [0.2, 0.25) is 0 Å². The molecule has 0 fully saturated rings. The van der Waals surface area contributed by atoms with Crippen LogP contribution in [0.15, 0.2) is 18.6 Å². The first-order valence-electron chi connectivity index (χ1n) is 2.69. The van der Waals surface area contributed by atoms with Crippen LogP contribution in [0, 0.1) is 0 Å². The van der Waals surface area contributed by atoms with Gasteiger partial charge in [0, 0.05) is 0 Å². The molecule has 0 unspecified atom stereocenters. The molecule has 3 heterocycles. The van der Waals surface area contributed by atoms with Crippen molar-refractivity contribution in [3.63, 3.8) is 0 Å². The van der Waals surface area contributed by atoms with E-state index >= 15 is 0 Å². The van der Waals surface area contributed by atoms with E-state index in [1.54, 1.807) is 23.4 Å². The number of aromatic nitrogens is 6. The molecule has 0 spiro atoms. The standard InChI is InChI=1S/C2HN3.C2H3N3/c1-2-4-5(2)3-1;1-2-4-5-3-1/h1H;1-2H,(H,3,4,5). The second kappa shape index (κ2) is 1.90. The first-order valence-corrected chi connectivity index (χ1v) is 2.69. The molecule has 10 heavy (non-hydrogen) atoms. The SMILES string of the molecule is c1cn[nH]n1.c1nn2nc1-2. The molecule has 0 saturated carbocycles. The number of hydrogen-bond donors (Lipinski definition) is 1. The van der Waals surface area contributed by atoms with Gasteiger partial charge < -0.3 is 0 Å². The lowest BCUT2D eigenvalue weighted by Crippen LogP contribution is -1.84. The Balaban J connectivity index is 0.0000000807. The molecule has 0 aliphatic carbocycles. The van der Waals surface area contributed by atoms with Gasteiger partial charge in [-0.1, -0.05) is 0 Å². The van der Waals surface area contributed by atoms with Gasteiger partial charge in [0.2, 0.25) is 5.82 Å². The third-order valence-corrected chi connectivity index (χ3v) is 0.976. The smallest absolute Gasteiger partial charge is 0.198 e. The Labute approximate surface area is 55.9 Å². The molecule has 1 N–H and O–H groups in total. The van der Waals surface area contributed by atoms with Gasteiger partial charge in [0.15, 0.2) is 0 Å². The van der Waals surface area contributed by atoms with Crippen molar-refractivity contribution in [1.29, 1.82) is 0 Å². The van der Waals surface area contributed by atoms with E-state index in [0.717, 1.165) is 5.82 Å². The summed E-state index contributed by atoms with van der Waals surface area (Å²) < 4.78 is 0. The van der Waals surface area contributed by atoms with Gasteiger partial charge in [-0.3, -0.25) is 0 Å². The minimum atomic E-state index is 1.02. The maximum absolute atomic E-state index is 3.69. The van der Waals surface area contributed by atoms with E-state index in [4.69, 9.17) is 0 Å². The summed E-state index contributed by atoms with van der Waals surface area (Å²) in [4.78, 5) is 1.58. The molecular formula is C4H4N6. The number of nitrogens with one attached hydrogen (secondary N) is 1. The topological polar surface area (TPSA) is 72.3 Å². The van der Waals surface area contributed by atoms with Crippen molar-refractivity contribution in [2.75, 3.05) is 0 Å². The van der Waals surface area contributed by atoms with Crippen LogP contribution in [0.5, 0.6) is 0 Å². The van der Waals surface area contributed by atoms with Crippen LogP contribution >= 0.6 is 0 Å². The van der Waals surface area contributed by atoms with Crippen LogP contribution in [0.3, 0.4) is 0 Å². The Morgan fingerprint density at radius 2 is 2.00 bits per heavy atom. The summed E-state index contributed by atoms with van der Waals surface area (Å²) in [5.74, 6) is 1.02. The zero-order valence-electron chi connectivity index (χ0n) is 4.97. The summed E-state index contributed by atoms with van der Waals surface area (Å²) in [7, 11) is 0. The fourth-order valence-corrected chi connectivity index (χ4v) is 0.454. The molecule has 0 aromatic carbocycles. The van der Waals surface area contributed by atoms with Gasteiger partial charge in [-0.2, -0.15) is 20.5 Å². The zero-order valence-corrected chi connectivity index (χ0v) is 4.97. The van der Waals surface area contributed by atoms with Crippen molar-refractivity contribution in [3.8, 4) is 5.82 Å². The molecule has 6 heteroatoms. The summed E-state index contributed by atoms with van der Waals surface area (Å²) in [6.45, 7) is 0. The molecule has 0 saturated heterocycles. The number of hydrogen-bond acceptors (Lipinski definition) is 4. The lowest BCUT2D eigenvalue weighted by molar-refractivity contribution is 0.860. The molecule has 0 atom stereocenters. The summed E-state index contributed by atoms with van der Waals surface area (Å²) in [5, 5.41) is 16.7. The predicted octanol–water partition coefficient (Wildman–Crippen LogP) is -0.615.